The lowest BCUT2D eigenvalue weighted by molar-refractivity contribution is 0.0875. The Labute approximate surface area is 220 Å². The van der Waals surface area contributed by atoms with Crippen molar-refractivity contribution in [2.45, 2.75) is 44.8 Å². The van der Waals surface area contributed by atoms with E-state index in [1.807, 2.05) is 42.7 Å². The summed E-state index contributed by atoms with van der Waals surface area (Å²) in [6.07, 6.45) is 9.80. The molecule has 1 amide bonds. The zero-order chi connectivity index (χ0) is 25.9. The first-order valence-corrected chi connectivity index (χ1v) is 13.2. The first-order valence-electron chi connectivity index (χ1n) is 13.2. The zero-order valence-electron chi connectivity index (χ0n) is 21.2. The molecule has 0 bridgehead atoms. The maximum atomic E-state index is 12.4. The smallest absolute Gasteiger partial charge is 0.254 e. The molecule has 1 fully saturated rings. The number of aromatic amines is 1. The highest BCUT2D eigenvalue weighted by molar-refractivity contribution is 6.10. The number of imidazole rings is 2. The molecule has 0 saturated heterocycles. The van der Waals surface area contributed by atoms with E-state index in [1.54, 1.807) is 6.33 Å². The number of fused-ring (bicyclic) bond motifs is 2. The molecule has 194 valence electrons. The normalized spacial score (nSPS) is 14.3. The first kappa shape index (κ1) is 24.2. The number of hydrogen-bond donors (Lipinski definition) is 2. The van der Waals surface area contributed by atoms with Gasteiger partial charge >= 0.3 is 0 Å². The van der Waals surface area contributed by atoms with Crippen LogP contribution in [0.3, 0.4) is 0 Å². The standard InChI is InChI=1S/C30H31N5O3/c31-30(36)27-26(38-14-13-37-17-20-7-3-1-4-8-20)16-23(28-29(27)33-18-32-28)21-11-12-25-24(15-21)34-19-35(25)22-9-5-2-6-10-22/h1,3-4,7-8,11-12,15-16,18-19,22H,2,5-6,9-10,13-14,17H2,(H2,31,36)(H,32,33). The van der Waals surface area contributed by atoms with Gasteiger partial charge in [-0.25, -0.2) is 9.97 Å². The molecule has 0 unspecified atom stereocenters. The molecule has 5 aromatic rings. The van der Waals surface area contributed by atoms with Gasteiger partial charge in [-0.3, -0.25) is 4.79 Å². The Kier molecular flexibility index (Phi) is 6.79. The summed E-state index contributed by atoms with van der Waals surface area (Å²) < 4.78 is 14.1. The van der Waals surface area contributed by atoms with E-state index in [9.17, 15) is 4.79 Å². The highest BCUT2D eigenvalue weighted by Crippen LogP contribution is 2.37. The summed E-state index contributed by atoms with van der Waals surface area (Å²) in [7, 11) is 0. The number of primary amides is 1. The van der Waals surface area contributed by atoms with Crippen molar-refractivity contribution < 1.29 is 14.3 Å². The Hall–Kier alpha value is -4.17. The Morgan fingerprint density at radius 3 is 2.68 bits per heavy atom. The summed E-state index contributed by atoms with van der Waals surface area (Å²) in [6, 6.07) is 18.6. The number of amides is 1. The van der Waals surface area contributed by atoms with Crippen molar-refractivity contribution in [3.8, 4) is 16.9 Å². The second-order valence-electron chi connectivity index (χ2n) is 9.82. The summed E-state index contributed by atoms with van der Waals surface area (Å²) in [5.41, 5.74) is 12.2. The number of aromatic nitrogens is 4. The number of nitrogens with zero attached hydrogens (tertiary/aromatic N) is 3. The van der Waals surface area contributed by atoms with E-state index in [2.05, 4.69) is 32.7 Å². The lowest BCUT2D eigenvalue weighted by atomic mass is 9.95. The SMILES string of the molecule is NC(=O)c1c(OCCOCc2ccccc2)cc(-c2ccc3c(c2)ncn3C2CCCCC2)c2nc[nH]c12. The van der Waals surface area contributed by atoms with Crippen LogP contribution in [-0.2, 0) is 11.3 Å². The lowest BCUT2D eigenvalue weighted by Crippen LogP contribution is -2.16. The third-order valence-corrected chi connectivity index (χ3v) is 7.36. The second kappa shape index (κ2) is 10.7. The predicted octanol–water partition coefficient (Wildman–Crippen LogP) is 5.78. The summed E-state index contributed by atoms with van der Waals surface area (Å²) in [5, 5.41) is 0. The number of nitrogens with two attached hydrogens (primary N) is 1. The third-order valence-electron chi connectivity index (χ3n) is 7.36. The zero-order valence-corrected chi connectivity index (χ0v) is 21.2. The Morgan fingerprint density at radius 2 is 1.87 bits per heavy atom. The van der Waals surface area contributed by atoms with E-state index in [4.69, 9.17) is 20.2 Å². The molecule has 6 rings (SSSR count). The molecule has 0 aliphatic heterocycles. The molecule has 38 heavy (non-hydrogen) atoms. The summed E-state index contributed by atoms with van der Waals surface area (Å²) in [5.74, 6) is -0.173. The molecule has 8 heteroatoms. The van der Waals surface area contributed by atoms with Gasteiger partial charge in [0.1, 0.15) is 17.9 Å². The van der Waals surface area contributed by atoms with Gasteiger partial charge in [0.2, 0.25) is 0 Å². The predicted molar refractivity (Wildman–Crippen MR) is 147 cm³/mol. The fourth-order valence-corrected chi connectivity index (χ4v) is 5.49. The van der Waals surface area contributed by atoms with Crippen molar-refractivity contribution in [3.63, 3.8) is 0 Å². The molecule has 0 spiro atoms. The van der Waals surface area contributed by atoms with E-state index in [-0.39, 0.29) is 12.2 Å². The molecule has 2 aromatic heterocycles. The van der Waals surface area contributed by atoms with Gasteiger partial charge in [0.25, 0.3) is 5.91 Å². The second-order valence-corrected chi connectivity index (χ2v) is 9.82. The largest absolute Gasteiger partial charge is 0.490 e. The number of carbonyl (C=O) groups is 1. The van der Waals surface area contributed by atoms with Crippen LogP contribution in [0.15, 0.2) is 67.3 Å². The van der Waals surface area contributed by atoms with Crippen molar-refractivity contribution in [2.75, 3.05) is 13.2 Å². The number of ether oxygens (including phenoxy) is 2. The van der Waals surface area contributed by atoms with Crippen LogP contribution in [0.25, 0.3) is 33.2 Å². The Bertz CT molecular complexity index is 1570. The topological polar surface area (TPSA) is 108 Å². The third kappa shape index (κ3) is 4.75. The van der Waals surface area contributed by atoms with Gasteiger partial charge in [0, 0.05) is 11.6 Å². The van der Waals surface area contributed by atoms with Crippen LogP contribution in [0.5, 0.6) is 5.75 Å². The number of benzene rings is 3. The molecule has 2 heterocycles. The van der Waals surface area contributed by atoms with Crippen LogP contribution >= 0.6 is 0 Å². The number of carbonyl (C=O) groups excluding carboxylic acids is 1. The molecular weight excluding hydrogens is 478 g/mol. The van der Waals surface area contributed by atoms with Crippen molar-refractivity contribution in [1.82, 2.24) is 19.5 Å². The van der Waals surface area contributed by atoms with Gasteiger partial charge in [0.05, 0.1) is 47.9 Å². The van der Waals surface area contributed by atoms with Crippen LogP contribution in [0.1, 0.15) is 54.1 Å². The number of hydrogen-bond acceptors (Lipinski definition) is 5. The molecule has 1 aliphatic rings. The minimum atomic E-state index is -0.576. The van der Waals surface area contributed by atoms with Crippen LogP contribution in [-0.4, -0.2) is 38.6 Å². The summed E-state index contributed by atoms with van der Waals surface area (Å²) >= 11 is 0. The molecule has 0 radical (unpaired) electrons. The monoisotopic (exact) mass is 509 g/mol. The quantitative estimate of drug-likeness (QED) is 0.245. The molecular formula is C30H31N5O3. The fourth-order valence-electron chi connectivity index (χ4n) is 5.49. The van der Waals surface area contributed by atoms with Crippen LogP contribution in [0.2, 0.25) is 0 Å². The maximum Gasteiger partial charge on any atom is 0.254 e. The molecule has 1 aliphatic carbocycles. The van der Waals surface area contributed by atoms with Gasteiger partial charge in [-0.1, -0.05) is 55.7 Å². The van der Waals surface area contributed by atoms with Crippen LogP contribution in [0, 0.1) is 0 Å². The molecule has 8 nitrogen and oxygen atoms in total. The average Bonchev–Trinajstić information content (AvgIpc) is 3.60. The van der Waals surface area contributed by atoms with Gasteiger partial charge in [-0.05, 0) is 42.2 Å². The van der Waals surface area contributed by atoms with Crippen molar-refractivity contribution >= 4 is 28.0 Å². The highest BCUT2D eigenvalue weighted by Gasteiger charge is 2.22. The number of H-pyrrole nitrogens is 1. The lowest BCUT2D eigenvalue weighted by Gasteiger charge is -2.23. The van der Waals surface area contributed by atoms with E-state index >= 15 is 0 Å². The number of nitrogens with one attached hydrogen (secondary N) is 1. The van der Waals surface area contributed by atoms with Crippen molar-refractivity contribution in [1.29, 1.82) is 0 Å². The van der Waals surface area contributed by atoms with Crippen molar-refractivity contribution in [2.24, 2.45) is 5.73 Å². The molecule has 3 N–H and O–H groups in total. The Balaban J connectivity index is 1.28. The summed E-state index contributed by atoms with van der Waals surface area (Å²) in [4.78, 5) is 24.8. The van der Waals surface area contributed by atoms with E-state index < -0.39 is 5.91 Å². The molecule has 0 atom stereocenters. The first-order chi connectivity index (χ1) is 18.7. The molecule has 3 aromatic carbocycles. The minimum Gasteiger partial charge on any atom is -0.490 e. The molecule has 1 saturated carbocycles. The van der Waals surface area contributed by atoms with Gasteiger partial charge in [-0.15, -0.1) is 0 Å². The number of rotatable bonds is 9. The minimum absolute atomic E-state index is 0.275. The van der Waals surface area contributed by atoms with Gasteiger partial charge in [-0.2, -0.15) is 0 Å². The van der Waals surface area contributed by atoms with E-state index in [0.29, 0.717) is 36.0 Å². The maximum absolute atomic E-state index is 12.4. The fraction of sp³-hybridized carbons (Fsp3) is 0.300. The Morgan fingerprint density at radius 1 is 1.03 bits per heavy atom. The van der Waals surface area contributed by atoms with Gasteiger partial charge < -0.3 is 24.8 Å². The van der Waals surface area contributed by atoms with Crippen LogP contribution < -0.4 is 10.5 Å². The highest BCUT2D eigenvalue weighted by atomic mass is 16.5. The van der Waals surface area contributed by atoms with Gasteiger partial charge in [0.15, 0.2) is 0 Å². The van der Waals surface area contributed by atoms with Crippen molar-refractivity contribution in [3.05, 3.63) is 78.4 Å². The van der Waals surface area contributed by atoms with Crippen LogP contribution in [0.4, 0.5) is 0 Å². The van der Waals surface area contributed by atoms with E-state index in [1.165, 1.54) is 32.1 Å². The average molecular weight is 510 g/mol. The van der Waals surface area contributed by atoms with E-state index in [0.717, 1.165) is 27.7 Å². The summed E-state index contributed by atoms with van der Waals surface area (Å²) in [6.45, 7) is 1.14.